The van der Waals surface area contributed by atoms with Gasteiger partial charge in [0.2, 0.25) is 0 Å². The molecule has 104 valence electrons. The summed E-state index contributed by atoms with van der Waals surface area (Å²) in [5, 5.41) is 8.54. The number of piperazine rings is 1. The van der Waals surface area contributed by atoms with Gasteiger partial charge in [0, 0.05) is 12.1 Å². The fourth-order valence-electron chi connectivity index (χ4n) is 2.22. The quantitative estimate of drug-likeness (QED) is 0.636. The van der Waals surface area contributed by atoms with E-state index in [2.05, 4.69) is 33.6 Å². The van der Waals surface area contributed by atoms with Crippen LogP contribution in [0.15, 0.2) is 29.0 Å². The second kappa shape index (κ2) is 7.03. The minimum atomic E-state index is 0.779. The predicted molar refractivity (Wildman–Crippen MR) is 85.7 cm³/mol. The van der Waals surface area contributed by atoms with Crippen LogP contribution in [0.1, 0.15) is 12.5 Å². The van der Waals surface area contributed by atoms with Gasteiger partial charge in [0.15, 0.2) is 5.11 Å². The van der Waals surface area contributed by atoms with Crippen LogP contribution in [0.25, 0.3) is 0 Å². The predicted octanol–water partition coefficient (Wildman–Crippen LogP) is 0.899. The summed E-state index contributed by atoms with van der Waals surface area (Å²) in [5.74, 6) is 0. The van der Waals surface area contributed by atoms with Crippen molar-refractivity contribution in [3.63, 3.8) is 0 Å². The molecule has 19 heavy (non-hydrogen) atoms. The van der Waals surface area contributed by atoms with Crippen LogP contribution < -0.4 is 10.2 Å². The van der Waals surface area contributed by atoms with Crippen LogP contribution >= 0.6 is 23.6 Å². The lowest BCUT2D eigenvalue weighted by atomic mass is 10.2. The largest absolute Gasteiger partial charge is 0.359 e. The number of nitrogens with zero attached hydrogens (tertiary/aromatic N) is 1. The molecule has 1 aromatic rings. The lowest BCUT2D eigenvalue weighted by Gasteiger charge is -2.33. The summed E-state index contributed by atoms with van der Waals surface area (Å²) >= 11 is 7.19. The van der Waals surface area contributed by atoms with Crippen molar-refractivity contribution in [1.29, 1.82) is 0 Å². The molecule has 5 heteroatoms. The zero-order valence-corrected chi connectivity index (χ0v) is 13.1. The zero-order chi connectivity index (χ0) is 13.7. The van der Waals surface area contributed by atoms with E-state index in [1.54, 1.807) is 16.2 Å². The molecular weight excluding hydrogens is 274 g/mol. The summed E-state index contributed by atoms with van der Waals surface area (Å²) in [4.78, 5) is 3.92. The first-order valence-corrected chi connectivity index (χ1v) is 8.02. The van der Waals surface area contributed by atoms with Gasteiger partial charge in [-0.25, -0.2) is 0 Å². The number of nitrogens with one attached hydrogen (secondary N) is 2. The lowest BCUT2D eigenvalue weighted by molar-refractivity contribution is -0.917. The standard InChI is InChI=1S/C14H21N3S2/c1-12(2)9-15-14(18)17-6-4-16(5-7-17)10-13-3-8-19-11-13/h3,8,11H,1,4-7,9-10H2,2H3,(H,15,18)/p+1. The number of quaternary nitrogens is 1. The van der Waals surface area contributed by atoms with Crippen LogP contribution in [0.3, 0.4) is 0 Å². The normalized spacial score (nSPS) is 16.4. The molecule has 0 radical (unpaired) electrons. The van der Waals surface area contributed by atoms with Crippen molar-refractivity contribution < 1.29 is 4.90 Å². The first kappa shape index (κ1) is 14.5. The van der Waals surface area contributed by atoms with Crippen molar-refractivity contribution in [2.24, 2.45) is 0 Å². The van der Waals surface area contributed by atoms with E-state index in [4.69, 9.17) is 12.2 Å². The van der Waals surface area contributed by atoms with Crippen LogP contribution in [0, 0.1) is 0 Å². The molecule has 1 aliphatic heterocycles. The Labute approximate surface area is 124 Å². The molecule has 1 fully saturated rings. The summed E-state index contributed by atoms with van der Waals surface area (Å²) < 4.78 is 0. The number of thiophene rings is 1. The van der Waals surface area contributed by atoms with Gasteiger partial charge in [0.1, 0.15) is 6.54 Å². The summed E-state index contributed by atoms with van der Waals surface area (Å²) in [7, 11) is 0. The van der Waals surface area contributed by atoms with E-state index >= 15 is 0 Å². The minimum absolute atomic E-state index is 0.779. The van der Waals surface area contributed by atoms with Gasteiger partial charge in [-0.1, -0.05) is 12.2 Å². The Morgan fingerprint density at radius 3 is 2.84 bits per heavy atom. The second-order valence-electron chi connectivity index (χ2n) is 5.16. The van der Waals surface area contributed by atoms with Crippen molar-refractivity contribution in [2.75, 3.05) is 32.7 Å². The van der Waals surface area contributed by atoms with Crippen molar-refractivity contribution in [1.82, 2.24) is 10.2 Å². The molecular formula is C14H22N3S2+. The first-order chi connectivity index (χ1) is 9.15. The van der Waals surface area contributed by atoms with Gasteiger partial charge < -0.3 is 15.1 Å². The van der Waals surface area contributed by atoms with E-state index in [0.717, 1.165) is 50.0 Å². The van der Waals surface area contributed by atoms with Gasteiger partial charge >= 0.3 is 0 Å². The van der Waals surface area contributed by atoms with E-state index in [1.165, 1.54) is 5.56 Å². The molecule has 0 aromatic carbocycles. The molecule has 2 N–H and O–H groups in total. The smallest absolute Gasteiger partial charge is 0.169 e. The van der Waals surface area contributed by atoms with Gasteiger partial charge in [-0.3, -0.25) is 0 Å². The Balaban J connectivity index is 1.72. The molecule has 1 aromatic heterocycles. The second-order valence-corrected chi connectivity index (χ2v) is 6.33. The van der Waals surface area contributed by atoms with Gasteiger partial charge in [-0.2, -0.15) is 11.3 Å². The SMILES string of the molecule is C=C(C)CNC(=S)N1CC[NH+](Cc2ccsc2)CC1. The van der Waals surface area contributed by atoms with Crippen LogP contribution in [-0.2, 0) is 6.54 Å². The Hall–Kier alpha value is -0.910. The molecule has 0 unspecified atom stereocenters. The fraction of sp³-hybridized carbons (Fsp3) is 0.500. The topological polar surface area (TPSA) is 19.7 Å². The van der Waals surface area contributed by atoms with E-state index in [-0.39, 0.29) is 0 Å². The third-order valence-electron chi connectivity index (χ3n) is 3.33. The highest BCUT2D eigenvalue weighted by Gasteiger charge is 2.21. The lowest BCUT2D eigenvalue weighted by Crippen LogP contribution is -3.13. The molecule has 1 aliphatic rings. The van der Waals surface area contributed by atoms with E-state index < -0.39 is 0 Å². The number of hydrogen-bond donors (Lipinski definition) is 2. The van der Waals surface area contributed by atoms with Gasteiger partial charge in [-0.15, -0.1) is 0 Å². The van der Waals surface area contributed by atoms with Crippen LogP contribution in [0.5, 0.6) is 0 Å². The molecule has 0 bridgehead atoms. The van der Waals surface area contributed by atoms with Crippen LogP contribution in [0.2, 0.25) is 0 Å². The van der Waals surface area contributed by atoms with Gasteiger partial charge in [0.05, 0.1) is 26.2 Å². The molecule has 1 saturated heterocycles. The third-order valence-corrected chi connectivity index (χ3v) is 4.47. The van der Waals surface area contributed by atoms with E-state index in [9.17, 15) is 0 Å². The van der Waals surface area contributed by atoms with Crippen LogP contribution in [-0.4, -0.2) is 42.7 Å². The molecule has 0 saturated carbocycles. The summed E-state index contributed by atoms with van der Waals surface area (Å²) in [5.41, 5.74) is 2.57. The van der Waals surface area contributed by atoms with Crippen molar-refractivity contribution in [3.8, 4) is 0 Å². The third kappa shape index (κ3) is 4.60. The Kier molecular flexibility index (Phi) is 5.36. The summed E-state index contributed by atoms with van der Waals surface area (Å²) in [6.45, 7) is 12.2. The minimum Gasteiger partial charge on any atom is -0.359 e. The van der Waals surface area contributed by atoms with Crippen molar-refractivity contribution in [3.05, 3.63) is 34.5 Å². The Bertz CT molecular complexity index is 420. The molecule has 2 heterocycles. The monoisotopic (exact) mass is 296 g/mol. The maximum absolute atomic E-state index is 5.41. The average molecular weight is 296 g/mol. The van der Waals surface area contributed by atoms with Gasteiger partial charge in [-0.05, 0) is 36.0 Å². The van der Waals surface area contributed by atoms with Crippen molar-refractivity contribution in [2.45, 2.75) is 13.5 Å². The molecule has 2 rings (SSSR count). The highest BCUT2D eigenvalue weighted by Crippen LogP contribution is 2.04. The molecule has 0 aliphatic carbocycles. The van der Waals surface area contributed by atoms with Gasteiger partial charge in [0.25, 0.3) is 0 Å². The highest BCUT2D eigenvalue weighted by atomic mass is 32.1. The van der Waals surface area contributed by atoms with Crippen LogP contribution in [0.4, 0.5) is 0 Å². The summed E-state index contributed by atoms with van der Waals surface area (Å²) in [6, 6.07) is 2.23. The molecule has 0 amide bonds. The number of thiocarbonyl (C=S) groups is 1. The number of rotatable bonds is 4. The zero-order valence-electron chi connectivity index (χ0n) is 11.4. The molecule has 0 spiro atoms. The molecule has 3 nitrogen and oxygen atoms in total. The van der Waals surface area contributed by atoms with E-state index in [1.807, 2.05) is 6.92 Å². The Morgan fingerprint density at radius 2 is 2.26 bits per heavy atom. The molecule has 0 atom stereocenters. The first-order valence-electron chi connectivity index (χ1n) is 6.67. The number of hydrogen-bond acceptors (Lipinski definition) is 2. The van der Waals surface area contributed by atoms with Crippen molar-refractivity contribution >= 4 is 28.7 Å². The highest BCUT2D eigenvalue weighted by molar-refractivity contribution is 7.80. The average Bonchev–Trinajstić information content (AvgIpc) is 2.89. The summed E-state index contributed by atoms with van der Waals surface area (Å²) in [6.07, 6.45) is 0. The van der Waals surface area contributed by atoms with E-state index in [0.29, 0.717) is 0 Å². The maximum Gasteiger partial charge on any atom is 0.169 e. The Morgan fingerprint density at radius 1 is 1.53 bits per heavy atom. The maximum atomic E-state index is 5.41. The fourth-order valence-corrected chi connectivity index (χ4v) is 3.15.